The number of aromatic nitrogens is 1. The Morgan fingerprint density at radius 2 is 2.15 bits per heavy atom. The van der Waals surface area contributed by atoms with E-state index in [-0.39, 0.29) is 12.1 Å². The van der Waals surface area contributed by atoms with Crippen LogP contribution in [0.2, 0.25) is 0 Å². The number of nitrogens with zero attached hydrogens (tertiary/aromatic N) is 2. The van der Waals surface area contributed by atoms with E-state index in [0.29, 0.717) is 0 Å². The molecule has 3 rings (SSSR count). The molecule has 0 unspecified atom stereocenters. The fourth-order valence-electron chi connectivity index (χ4n) is 2.91. The second-order valence-electron chi connectivity index (χ2n) is 5.44. The molecule has 1 aliphatic heterocycles. The highest BCUT2D eigenvalue weighted by molar-refractivity contribution is 7.09. The average Bonchev–Trinajstić information content (AvgIpc) is 3.01. The van der Waals surface area contributed by atoms with Gasteiger partial charge in [-0.1, -0.05) is 30.3 Å². The van der Waals surface area contributed by atoms with Crippen molar-refractivity contribution in [2.24, 2.45) is 0 Å². The molecule has 1 aromatic carbocycles. The van der Waals surface area contributed by atoms with E-state index in [2.05, 4.69) is 39.5 Å². The van der Waals surface area contributed by atoms with Crippen LogP contribution in [0.25, 0.3) is 0 Å². The molecule has 2 heterocycles. The molecule has 1 N–H and O–H groups in total. The Morgan fingerprint density at radius 3 is 2.85 bits per heavy atom. The van der Waals surface area contributed by atoms with E-state index in [1.54, 1.807) is 11.3 Å². The van der Waals surface area contributed by atoms with Crippen molar-refractivity contribution in [2.75, 3.05) is 6.54 Å². The largest absolute Gasteiger partial charge is 0.391 e. The van der Waals surface area contributed by atoms with Gasteiger partial charge in [0.05, 0.1) is 16.8 Å². The SMILES string of the molecule is Cc1nc(CN2CC[C@@H](O)[C@H]2Cc2ccccc2)cs1. The lowest BCUT2D eigenvalue weighted by Crippen LogP contribution is -2.36. The highest BCUT2D eigenvalue weighted by atomic mass is 32.1. The van der Waals surface area contributed by atoms with Gasteiger partial charge in [0, 0.05) is 24.5 Å². The maximum Gasteiger partial charge on any atom is 0.0897 e. The minimum atomic E-state index is -0.227. The zero-order valence-electron chi connectivity index (χ0n) is 11.7. The zero-order valence-corrected chi connectivity index (χ0v) is 12.5. The Kier molecular flexibility index (Phi) is 4.15. The van der Waals surface area contributed by atoms with E-state index in [9.17, 15) is 5.11 Å². The van der Waals surface area contributed by atoms with Crippen LogP contribution in [0.3, 0.4) is 0 Å². The predicted octanol–water partition coefficient (Wildman–Crippen LogP) is 2.63. The summed E-state index contributed by atoms with van der Waals surface area (Å²) in [5.74, 6) is 0. The van der Waals surface area contributed by atoms with Crippen LogP contribution < -0.4 is 0 Å². The quantitative estimate of drug-likeness (QED) is 0.939. The van der Waals surface area contributed by atoms with Gasteiger partial charge in [-0.25, -0.2) is 4.98 Å². The molecule has 2 atom stereocenters. The van der Waals surface area contributed by atoms with Crippen molar-refractivity contribution in [1.82, 2.24) is 9.88 Å². The van der Waals surface area contributed by atoms with Gasteiger partial charge in [-0.3, -0.25) is 4.90 Å². The Labute approximate surface area is 123 Å². The first-order valence-electron chi connectivity index (χ1n) is 7.09. The molecule has 20 heavy (non-hydrogen) atoms. The van der Waals surface area contributed by atoms with Crippen molar-refractivity contribution in [1.29, 1.82) is 0 Å². The Hall–Kier alpha value is -1.23. The number of thiazole rings is 1. The van der Waals surface area contributed by atoms with Gasteiger partial charge in [0.2, 0.25) is 0 Å². The fourth-order valence-corrected chi connectivity index (χ4v) is 3.51. The highest BCUT2D eigenvalue weighted by Crippen LogP contribution is 2.24. The van der Waals surface area contributed by atoms with Crippen molar-refractivity contribution < 1.29 is 5.11 Å². The molecule has 0 saturated carbocycles. The molecule has 4 heteroatoms. The highest BCUT2D eigenvalue weighted by Gasteiger charge is 2.32. The number of aliphatic hydroxyl groups is 1. The van der Waals surface area contributed by atoms with Crippen molar-refractivity contribution in [3.8, 4) is 0 Å². The second-order valence-corrected chi connectivity index (χ2v) is 6.50. The summed E-state index contributed by atoms with van der Waals surface area (Å²) in [4.78, 5) is 6.90. The molecule has 1 aromatic heterocycles. The van der Waals surface area contributed by atoms with Crippen LogP contribution in [0, 0.1) is 6.92 Å². The molecule has 1 fully saturated rings. The molecule has 1 saturated heterocycles. The van der Waals surface area contributed by atoms with Crippen LogP contribution in [0.4, 0.5) is 0 Å². The lowest BCUT2D eigenvalue weighted by atomic mass is 10.0. The van der Waals surface area contributed by atoms with Gasteiger partial charge in [0.1, 0.15) is 0 Å². The first kappa shape index (κ1) is 13.7. The minimum Gasteiger partial charge on any atom is -0.391 e. The van der Waals surface area contributed by atoms with Gasteiger partial charge in [-0.2, -0.15) is 0 Å². The lowest BCUT2D eigenvalue weighted by molar-refractivity contribution is 0.112. The number of aliphatic hydroxyl groups excluding tert-OH is 1. The van der Waals surface area contributed by atoms with Crippen LogP contribution in [0.15, 0.2) is 35.7 Å². The van der Waals surface area contributed by atoms with E-state index in [1.807, 2.05) is 13.0 Å². The van der Waals surface area contributed by atoms with E-state index in [4.69, 9.17) is 0 Å². The monoisotopic (exact) mass is 288 g/mol. The number of hydrogen-bond donors (Lipinski definition) is 1. The first-order chi connectivity index (χ1) is 9.72. The standard InChI is InChI=1S/C16H20N2OS/c1-12-17-14(11-20-12)10-18-8-7-16(19)15(18)9-13-5-3-2-4-6-13/h2-6,11,15-16,19H,7-10H2,1H3/t15-,16-/m1/s1. The molecule has 1 aliphatic rings. The number of rotatable bonds is 4. The van der Waals surface area contributed by atoms with E-state index >= 15 is 0 Å². The van der Waals surface area contributed by atoms with Gasteiger partial charge in [0.15, 0.2) is 0 Å². The molecule has 2 aromatic rings. The normalized spacial score (nSPS) is 23.3. The smallest absolute Gasteiger partial charge is 0.0897 e. The van der Waals surface area contributed by atoms with Crippen LogP contribution in [-0.4, -0.2) is 33.7 Å². The van der Waals surface area contributed by atoms with Crippen LogP contribution in [0.5, 0.6) is 0 Å². The van der Waals surface area contributed by atoms with Crippen molar-refractivity contribution in [3.63, 3.8) is 0 Å². The third kappa shape index (κ3) is 3.08. The Balaban J connectivity index is 1.70. The maximum absolute atomic E-state index is 10.2. The summed E-state index contributed by atoms with van der Waals surface area (Å²) in [5, 5.41) is 13.5. The molecule has 106 valence electrons. The van der Waals surface area contributed by atoms with Gasteiger partial charge < -0.3 is 5.11 Å². The van der Waals surface area contributed by atoms with E-state index < -0.39 is 0 Å². The summed E-state index contributed by atoms with van der Waals surface area (Å²) >= 11 is 1.69. The summed E-state index contributed by atoms with van der Waals surface area (Å²) in [7, 11) is 0. The van der Waals surface area contributed by atoms with Crippen molar-refractivity contribution >= 4 is 11.3 Å². The van der Waals surface area contributed by atoms with E-state index in [1.165, 1.54) is 5.56 Å². The summed E-state index contributed by atoms with van der Waals surface area (Å²) in [5.41, 5.74) is 2.41. The van der Waals surface area contributed by atoms with E-state index in [0.717, 1.165) is 36.6 Å². The molecule has 3 nitrogen and oxygen atoms in total. The van der Waals surface area contributed by atoms with Crippen LogP contribution in [-0.2, 0) is 13.0 Å². The van der Waals surface area contributed by atoms with Gasteiger partial charge in [-0.15, -0.1) is 11.3 Å². The summed E-state index contributed by atoms with van der Waals surface area (Å²) in [6, 6.07) is 10.6. The topological polar surface area (TPSA) is 36.4 Å². The summed E-state index contributed by atoms with van der Waals surface area (Å²) in [6.07, 6.45) is 1.54. The zero-order chi connectivity index (χ0) is 13.9. The van der Waals surface area contributed by atoms with Crippen LogP contribution >= 0.6 is 11.3 Å². The van der Waals surface area contributed by atoms with Crippen molar-refractivity contribution in [2.45, 2.75) is 38.5 Å². The summed E-state index contributed by atoms with van der Waals surface area (Å²) < 4.78 is 0. The molecular formula is C16H20N2OS. The Morgan fingerprint density at radius 1 is 1.35 bits per heavy atom. The Bertz CT molecular complexity index is 555. The summed E-state index contributed by atoms with van der Waals surface area (Å²) in [6.45, 7) is 3.84. The number of hydrogen-bond acceptors (Lipinski definition) is 4. The number of aryl methyl sites for hydroxylation is 1. The molecule has 0 bridgehead atoms. The molecule has 0 radical (unpaired) electrons. The number of likely N-dealkylation sites (tertiary alicyclic amines) is 1. The molecule has 0 aliphatic carbocycles. The second kappa shape index (κ2) is 6.04. The molecule has 0 spiro atoms. The molecular weight excluding hydrogens is 268 g/mol. The molecule has 0 amide bonds. The van der Waals surface area contributed by atoms with Crippen molar-refractivity contribution in [3.05, 3.63) is 52.0 Å². The van der Waals surface area contributed by atoms with Crippen LogP contribution in [0.1, 0.15) is 22.7 Å². The third-order valence-corrected chi connectivity index (χ3v) is 4.77. The number of benzene rings is 1. The van der Waals surface area contributed by atoms with Gasteiger partial charge >= 0.3 is 0 Å². The fraction of sp³-hybridized carbons (Fsp3) is 0.438. The minimum absolute atomic E-state index is 0.208. The van der Waals surface area contributed by atoms with Gasteiger partial charge in [-0.05, 0) is 25.3 Å². The first-order valence-corrected chi connectivity index (χ1v) is 7.97. The third-order valence-electron chi connectivity index (χ3n) is 3.94. The predicted molar refractivity (Wildman–Crippen MR) is 81.8 cm³/mol. The maximum atomic E-state index is 10.2. The average molecular weight is 288 g/mol. The lowest BCUT2D eigenvalue weighted by Gasteiger charge is -2.25. The van der Waals surface area contributed by atoms with Gasteiger partial charge in [0.25, 0.3) is 0 Å².